The van der Waals surface area contributed by atoms with Crippen LogP contribution >= 0.6 is 11.6 Å². The first kappa shape index (κ1) is 12.7. The van der Waals surface area contributed by atoms with Crippen LogP contribution in [0, 0.1) is 0 Å². The highest BCUT2D eigenvalue weighted by atomic mass is 35.5. The molecule has 0 spiro atoms. The molecule has 1 rings (SSSR count). The standard InChI is InChI=1S/C10H9ClF2O3/c1-15-9(14)5-6-4-7(16-10(12)13)2-3-8(6)11/h2-4,10H,5H2,1H3. The predicted molar refractivity (Wildman–Crippen MR) is 53.8 cm³/mol. The number of benzene rings is 1. The van der Waals surface area contributed by atoms with E-state index in [1.165, 1.54) is 25.3 Å². The second-order valence-corrected chi connectivity index (χ2v) is 3.29. The first-order valence-corrected chi connectivity index (χ1v) is 4.70. The van der Waals surface area contributed by atoms with E-state index in [4.69, 9.17) is 11.6 Å². The Balaban J connectivity index is 2.86. The van der Waals surface area contributed by atoms with Gasteiger partial charge in [-0.3, -0.25) is 4.79 Å². The van der Waals surface area contributed by atoms with Gasteiger partial charge < -0.3 is 9.47 Å². The maximum atomic E-state index is 11.9. The third kappa shape index (κ3) is 3.66. The number of carbonyl (C=O) groups is 1. The number of alkyl halides is 2. The molecule has 3 nitrogen and oxygen atoms in total. The van der Waals surface area contributed by atoms with Gasteiger partial charge in [0, 0.05) is 5.02 Å². The molecule has 0 aliphatic heterocycles. The van der Waals surface area contributed by atoms with Crippen LogP contribution in [0.2, 0.25) is 5.02 Å². The Hall–Kier alpha value is -1.36. The van der Waals surface area contributed by atoms with Crippen LogP contribution in [-0.4, -0.2) is 19.7 Å². The summed E-state index contributed by atoms with van der Waals surface area (Å²) in [5, 5.41) is 0.298. The van der Waals surface area contributed by atoms with Crippen LogP contribution < -0.4 is 4.74 Å². The first-order valence-electron chi connectivity index (χ1n) is 4.33. The minimum atomic E-state index is -2.91. The number of hydrogen-bond acceptors (Lipinski definition) is 3. The molecule has 0 aromatic heterocycles. The molecule has 88 valence electrons. The van der Waals surface area contributed by atoms with Crippen LogP contribution in [0.15, 0.2) is 18.2 Å². The number of ether oxygens (including phenoxy) is 2. The summed E-state index contributed by atoms with van der Waals surface area (Å²) in [4.78, 5) is 11.0. The zero-order valence-electron chi connectivity index (χ0n) is 8.38. The van der Waals surface area contributed by atoms with Gasteiger partial charge in [-0.05, 0) is 23.8 Å². The van der Waals surface area contributed by atoms with E-state index in [0.717, 1.165) is 0 Å². The molecule has 1 aromatic carbocycles. The summed E-state index contributed by atoms with van der Waals surface area (Å²) in [5.74, 6) is -0.547. The Morgan fingerprint density at radius 3 is 2.75 bits per heavy atom. The Morgan fingerprint density at radius 2 is 2.19 bits per heavy atom. The van der Waals surface area contributed by atoms with Gasteiger partial charge in [-0.2, -0.15) is 8.78 Å². The summed E-state index contributed by atoms with van der Waals surface area (Å²) >= 11 is 5.78. The van der Waals surface area contributed by atoms with Crippen molar-refractivity contribution in [2.45, 2.75) is 13.0 Å². The van der Waals surface area contributed by atoms with Gasteiger partial charge in [-0.15, -0.1) is 0 Å². The van der Waals surface area contributed by atoms with Gasteiger partial charge in [0.1, 0.15) is 5.75 Å². The van der Waals surface area contributed by atoms with E-state index in [-0.39, 0.29) is 12.2 Å². The summed E-state index contributed by atoms with van der Waals surface area (Å²) in [6.07, 6.45) is -0.0875. The van der Waals surface area contributed by atoms with Gasteiger partial charge in [0.2, 0.25) is 0 Å². The smallest absolute Gasteiger partial charge is 0.387 e. The van der Waals surface area contributed by atoms with E-state index in [1.807, 2.05) is 0 Å². The molecule has 0 heterocycles. The molecule has 0 aliphatic rings. The van der Waals surface area contributed by atoms with Crippen LogP contribution in [0.5, 0.6) is 5.75 Å². The molecule has 0 amide bonds. The fourth-order valence-electron chi connectivity index (χ4n) is 1.09. The average molecular weight is 251 g/mol. The topological polar surface area (TPSA) is 35.5 Å². The number of hydrogen-bond donors (Lipinski definition) is 0. The van der Waals surface area contributed by atoms with E-state index in [2.05, 4.69) is 9.47 Å². The van der Waals surface area contributed by atoms with Crippen molar-refractivity contribution < 1.29 is 23.0 Å². The molecular formula is C10H9ClF2O3. The van der Waals surface area contributed by atoms with Gasteiger partial charge in [-0.1, -0.05) is 11.6 Å². The molecule has 0 N–H and O–H groups in total. The summed E-state index contributed by atoms with van der Waals surface area (Å²) in [5.41, 5.74) is 0.381. The lowest BCUT2D eigenvalue weighted by atomic mass is 10.1. The first-order chi connectivity index (χ1) is 7.52. The average Bonchev–Trinajstić information content (AvgIpc) is 2.22. The molecule has 1 aromatic rings. The summed E-state index contributed by atoms with van der Waals surface area (Å²) in [6, 6.07) is 3.97. The van der Waals surface area contributed by atoms with Gasteiger partial charge in [0.05, 0.1) is 13.5 Å². The van der Waals surface area contributed by atoms with Crippen LogP contribution in [0.4, 0.5) is 8.78 Å². The molecule has 16 heavy (non-hydrogen) atoms. The lowest BCUT2D eigenvalue weighted by molar-refractivity contribution is -0.139. The van der Waals surface area contributed by atoms with Crippen molar-refractivity contribution in [1.82, 2.24) is 0 Å². The van der Waals surface area contributed by atoms with Crippen molar-refractivity contribution in [2.24, 2.45) is 0 Å². The minimum Gasteiger partial charge on any atom is -0.469 e. The summed E-state index contributed by atoms with van der Waals surface area (Å²) in [7, 11) is 1.23. The molecule has 6 heteroatoms. The van der Waals surface area contributed by atoms with E-state index in [9.17, 15) is 13.6 Å². The molecule has 0 atom stereocenters. The lowest BCUT2D eigenvalue weighted by Gasteiger charge is -2.07. The van der Waals surface area contributed by atoms with Crippen LogP contribution in [0.1, 0.15) is 5.56 Å². The predicted octanol–water partition coefficient (Wildman–Crippen LogP) is 2.66. The van der Waals surface area contributed by atoms with E-state index >= 15 is 0 Å². The van der Waals surface area contributed by atoms with Gasteiger partial charge in [0.15, 0.2) is 0 Å². The van der Waals surface area contributed by atoms with E-state index < -0.39 is 12.6 Å². The molecule has 0 unspecified atom stereocenters. The van der Waals surface area contributed by atoms with Crippen molar-refractivity contribution in [3.8, 4) is 5.75 Å². The van der Waals surface area contributed by atoms with Crippen molar-refractivity contribution in [3.63, 3.8) is 0 Å². The fourth-order valence-corrected chi connectivity index (χ4v) is 1.27. The monoisotopic (exact) mass is 250 g/mol. The maximum Gasteiger partial charge on any atom is 0.387 e. The number of carbonyl (C=O) groups excluding carboxylic acids is 1. The van der Waals surface area contributed by atoms with E-state index in [1.54, 1.807) is 0 Å². The highest BCUT2D eigenvalue weighted by molar-refractivity contribution is 6.31. The largest absolute Gasteiger partial charge is 0.469 e. The molecular weight excluding hydrogens is 242 g/mol. The Morgan fingerprint density at radius 1 is 1.50 bits per heavy atom. The fraction of sp³-hybridized carbons (Fsp3) is 0.300. The molecule has 0 bridgehead atoms. The third-order valence-electron chi connectivity index (χ3n) is 1.80. The van der Waals surface area contributed by atoms with Crippen molar-refractivity contribution in [3.05, 3.63) is 28.8 Å². The van der Waals surface area contributed by atoms with Crippen molar-refractivity contribution >= 4 is 17.6 Å². The minimum absolute atomic E-state index is 0.0432. The second-order valence-electron chi connectivity index (χ2n) is 2.88. The van der Waals surface area contributed by atoms with Crippen LogP contribution in [-0.2, 0) is 16.0 Å². The van der Waals surface area contributed by atoms with Crippen LogP contribution in [0.3, 0.4) is 0 Å². The van der Waals surface area contributed by atoms with Gasteiger partial charge in [-0.25, -0.2) is 0 Å². The SMILES string of the molecule is COC(=O)Cc1cc(OC(F)F)ccc1Cl. The Kier molecular flexibility index (Phi) is 4.49. The number of methoxy groups -OCH3 is 1. The zero-order chi connectivity index (χ0) is 12.1. The van der Waals surface area contributed by atoms with Gasteiger partial charge in [0.25, 0.3) is 0 Å². The molecule has 0 fully saturated rings. The quantitative estimate of drug-likeness (QED) is 0.771. The highest BCUT2D eigenvalue weighted by Gasteiger charge is 2.10. The Bertz CT molecular complexity index is 382. The number of halogens is 3. The van der Waals surface area contributed by atoms with Crippen LogP contribution in [0.25, 0.3) is 0 Å². The molecule has 0 aliphatic carbocycles. The van der Waals surface area contributed by atoms with Crippen molar-refractivity contribution in [2.75, 3.05) is 7.11 Å². The van der Waals surface area contributed by atoms with Gasteiger partial charge >= 0.3 is 12.6 Å². The van der Waals surface area contributed by atoms with Crippen molar-refractivity contribution in [1.29, 1.82) is 0 Å². The normalized spacial score (nSPS) is 10.3. The number of rotatable bonds is 4. The lowest BCUT2D eigenvalue weighted by Crippen LogP contribution is -2.06. The molecule has 0 saturated heterocycles. The second kappa shape index (κ2) is 5.65. The zero-order valence-corrected chi connectivity index (χ0v) is 9.13. The Labute approximate surface area is 95.9 Å². The third-order valence-corrected chi connectivity index (χ3v) is 2.17. The molecule has 0 radical (unpaired) electrons. The van der Waals surface area contributed by atoms with E-state index in [0.29, 0.717) is 10.6 Å². The highest BCUT2D eigenvalue weighted by Crippen LogP contribution is 2.23. The maximum absolute atomic E-state index is 11.9. The summed E-state index contributed by atoms with van der Waals surface area (Å²) < 4.78 is 32.5. The molecule has 0 saturated carbocycles. The number of esters is 1. The summed E-state index contributed by atoms with van der Waals surface area (Å²) in [6.45, 7) is -2.91.